The summed E-state index contributed by atoms with van der Waals surface area (Å²) in [6, 6.07) is 0.386. The van der Waals surface area contributed by atoms with Crippen LogP contribution in [-0.4, -0.2) is 49.4 Å². The Kier molecular flexibility index (Phi) is 4.94. The number of hydrogen-bond acceptors (Lipinski definition) is 3. The lowest BCUT2D eigenvalue weighted by molar-refractivity contribution is -0.170. The molecule has 1 atom stereocenters. The molecule has 0 aromatic rings. The molecule has 3 nitrogen and oxygen atoms in total. The first kappa shape index (κ1) is 13.7. The molecule has 0 heterocycles. The monoisotopic (exact) mass is 245 g/mol. The van der Waals surface area contributed by atoms with Crippen LogP contribution < -0.4 is 5.32 Å². The van der Waals surface area contributed by atoms with Gasteiger partial charge < -0.3 is 15.2 Å². The van der Waals surface area contributed by atoms with Crippen LogP contribution in [0.1, 0.15) is 12.8 Å². The van der Waals surface area contributed by atoms with Gasteiger partial charge in [0.1, 0.15) is 6.61 Å². The van der Waals surface area contributed by atoms with Gasteiger partial charge in [0.2, 0.25) is 0 Å². The first-order valence-corrected chi connectivity index (χ1v) is 5.07. The second-order valence-electron chi connectivity index (χ2n) is 3.91. The Morgan fingerprint density at radius 1 is 1.38 bits per heavy atom. The van der Waals surface area contributed by atoms with E-state index >= 15 is 0 Å². The van der Waals surface area contributed by atoms with Crippen LogP contribution in [0.5, 0.6) is 0 Å². The van der Waals surface area contributed by atoms with Gasteiger partial charge in [-0.25, -0.2) is 8.78 Å². The summed E-state index contributed by atoms with van der Waals surface area (Å²) in [5.74, 6) is -4.15. The summed E-state index contributed by atoms with van der Waals surface area (Å²) in [4.78, 5) is 0. The van der Waals surface area contributed by atoms with Crippen molar-refractivity contribution >= 4 is 0 Å². The van der Waals surface area contributed by atoms with Gasteiger partial charge in [0.15, 0.2) is 0 Å². The molecule has 1 aliphatic carbocycles. The summed E-state index contributed by atoms with van der Waals surface area (Å²) in [5.41, 5.74) is 0. The fourth-order valence-corrected chi connectivity index (χ4v) is 1.04. The molecule has 0 saturated heterocycles. The van der Waals surface area contributed by atoms with Crippen molar-refractivity contribution in [1.29, 1.82) is 0 Å². The molecule has 2 N–H and O–H groups in total. The van der Waals surface area contributed by atoms with Crippen molar-refractivity contribution < 1.29 is 27.4 Å². The fraction of sp³-hybridized carbons (Fsp3) is 1.00. The Balaban J connectivity index is 2.04. The van der Waals surface area contributed by atoms with E-state index in [1.807, 2.05) is 0 Å². The van der Waals surface area contributed by atoms with E-state index in [0.717, 1.165) is 12.8 Å². The Morgan fingerprint density at radius 2 is 2.00 bits per heavy atom. The lowest BCUT2D eigenvalue weighted by Gasteiger charge is -2.17. The van der Waals surface area contributed by atoms with Crippen LogP contribution in [0.2, 0.25) is 0 Å². The Morgan fingerprint density at radius 3 is 2.50 bits per heavy atom. The molecule has 0 aliphatic heterocycles. The predicted molar refractivity (Wildman–Crippen MR) is 48.8 cm³/mol. The molecule has 1 unspecified atom stereocenters. The van der Waals surface area contributed by atoms with Crippen LogP contribution >= 0.6 is 0 Å². The van der Waals surface area contributed by atoms with E-state index < -0.39 is 25.1 Å². The van der Waals surface area contributed by atoms with Crippen molar-refractivity contribution in [2.75, 3.05) is 19.8 Å². The van der Waals surface area contributed by atoms with Gasteiger partial charge in [0.05, 0.1) is 12.7 Å². The molecule has 0 aromatic carbocycles. The summed E-state index contributed by atoms with van der Waals surface area (Å²) in [6.07, 6.45) is -2.61. The molecule has 1 fully saturated rings. The molecule has 7 heteroatoms. The second-order valence-corrected chi connectivity index (χ2v) is 3.91. The van der Waals surface area contributed by atoms with E-state index in [1.165, 1.54) is 0 Å². The number of aliphatic hydroxyl groups is 1. The van der Waals surface area contributed by atoms with Gasteiger partial charge in [0.25, 0.3) is 0 Å². The standard InChI is InChI=1S/C9H15F4NO2/c10-8(11)9(12,13)5-16-4-7(15)3-14-6-1-2-6/h6-8,14-15H,1-5H2. The number of ether oxygens (including phenoxy) is 1. The summed E-state index contributed by atoms with van der Waals surface area (Å²) >= 11 is 0. The number of nitrogens with one attached hydrogen (secondary N) is 1. The molecule has 16 heavy (non-hydrogen) atoms. The molecule has 0 aromatic heterocycles. The van der Waals surface area contributed by atoms with Crippen molar-refractivity contribution in [2.45, 2.75) is 37.3 Å². The smallest absolute Gasteiger partial charge is 0.330 e. The molecule has 1 aliphatic rings. The zero-order chi connectivity index (χ0) is 12.2. The third kappa shape index (κ3) is 5.09. The van der Waals surface area contributed by atoms with E-state index in [4.69, 9.17) is 0 Å². The molecule has 0 radical (unpaired) electrons. The SMILES string of the molecule is OC(CNC1CC1)COCC(F)(F)C(F)F. The number of aliphatic hydroxyl groups excluding tert-OH is 1. The largest absolute Gasteiger partial charge is 0.389 e. The van der Waals surface area contributed by atoms with Crippen LogP contribution in [-0.2, 0) is 4.74 Å². The van der Waals surface area contributed by atoms with Crippen molar-refractivity contribution in [2.24, 2.45) is 0 Å². The molecule has 0 amide bonds. The number of halogens is 4. The molecule has 96 valence electrons. The fourth-order valence-electron chi connectivity index (χ4n) is 1.04. The van der Waals surface area contributed by atoms with E-state index in [0.29, 0.717) is 6.04 Å². The molecule has 1 saturated carbocycles. The minimum absolute atomic E-state index is 0.227. The van der Waals surface area contributed by atoms with E-state index in [1.54, 1.807) is 0 Å². The molecular weight excluding hydrogens is 230 g/mol. The minimum atomic E-state index is -4.15. The second kappa shape index (κ2) is 5.79. The Labute approximate surface area is 90.8 Å². The molecule has 0 spiro atoms. The predicted octanol–water partition coefficient (Wildman–Crippen LogP) is 1.02. The number of alkyl halides is 4. The average molecular weight is 245 g/mol. The maximum absolute atomic E-state index is 12.3. The molecule has 0 bridgehead atoms. The minimum Gasteiger partial charge on any atom is -0.389 e. The van der Waals surface area contributed by atoms with Crippen LogP contribution in [0.15, 0.2) is 0 Å². The normalized spacial score (nSPS) is 19.1. The van der Waals surface area contributed by atoms with Gasteiger partial charge in [-0.1, -0.05) is 0 Å². The zero-order valence-corrected chi connectivity index (χ0v) is 8.63. The topological polar surface area (TPSA) is 41.5 Å². The van der Waals surface area contributed by atoms with E-state index in [2.05, 4.69) is 10.1 Å². The van der Waals surface area contributed by atoms with Gasteiger partial charge in [0, 0.05) is 12.6 Å². The maximum atomic E-state index is 12.3. The van der Waals surface area contributed by atoms with Crippen LogP contribution in [0.25, 0.3) is 0 Å². The summed E-state index contributed by atoms with van der Waals surface area (Å²) in [5, 5.41) is 12.2. The van der Waals surface area contributed by atoms with Crippen molar-refractivity contribution in [1.82, 2.24) is 5.32 Å². The summed E-state index contributed by atoms with van der Waals surface area (Å²) in [7, 11) is 0. The van der Waals surface area contributed by atoms with E-state index in [-0.39, 0.29) is 13.2 Å². The number of rotatable bonds is 8. The lowest BCUT2D eigenvalue weighted by atomic mass is 10.3. The average Bonchev–Trinajstić information content (AvgIpc) is 2.97. The first-order valence-electron chi connectivity index (χ1n) is 5.07. The molecular formula is C9H15F4NO2. The molecule has 1 rings (SSSR count). The zero-order valence-electron chi connectivity index (χ0n) is 8.63. The first-order chi connectivity index (χ1) is 7.42. The van der Waals surface area contributed by atoms with Crippen molar-refractivity contribution in [3.05, 3.63) is 0 Å². The number of hydrogen-bond donors (Lipinski definition) is 2. The highest BCUT2D eigenvalue weighted by Crippen LogP contribution is 2.22. The highest BCUT2D eigenvalue weighted by atomic mass is 19.3. The van der Waals surface area contributed by atoms with E-state index in [9.17, 15) is 22.7 Å². The highest BCUT2D eigenvalue weighted by Gasteiger charge is 2.41. The maximum Gasteiger partial charge on any atom is 0.330 e. The van der Waals surface area contributed by atoms with Gasteiger partial charge in [-0.05, 0) is 12.8 Å². The van der Waals surface area contributed by atoms with Gasteiger partial charge in [-0.3, -0.25) is 0 Å². The van der Waals surface area contributed by atoms with Crippen LogP contribution in [0.3, 0.4) is 0 Å². The summed E-state index contributed by atoms with van der Waals surface area (Å²) < 4.78 is 52.4. The quantitative estimate of drug-likeness (QED) is 0.627. The lowest BCUT2D eigenvalue weighted by Crippen LogP contribution is -2.36. The Bertz CT molecular complexity index is 212. The Hall–Kier alpha value is -0.400. The summed E-state index contributed by atoms with van der Waals surface area (Å²) in [6.45, 7) is -1.52. The highest BCUT2D eigenvalue weighted by molar-refractivity contribution is 4.81. The van der Waals surface area contributed by atoms with Crippen molar-refractivity contribution in [3.8, 4) is 0 Å². The van der Waals surface area contributed by atoms with Crippen LogP contribution in [0.4, 0.5) is 17.6 Å². The van der Waals surface area contributed by atoms with Gasteiger partial charge in [-0.2, -0.15) is 8.78 Å². The third-order valence-electron chi connectivity index (χ3n) is 2.14. The third-order valence-corrected chi connectivity index (χ3v) is 2.14. The van der Waals surface area contributed by atoms with Crippen LogP contribution in [0, 0.1) is 0 Å². The van der Waals surface area contributed by atoms with Gasteiger partial charge in [-0.15, -0.1) is 0 Å². The van der Waals surface area contributed by atoms with Crippen molar-refractivity contribution in [3.63, 3.8) is 0 Å². The van der Waals surface area contributed by atoms with Gasteiger partial charge >= 0.3 is 12.3 Å².